The number of rotatable bonds is 7. The molecule has 22 heavy (non-hydrogen) atoms. The zero-order valence-electron chi connectivity index (χ0n) is 12.1. The van der Waals surface area contributed by atoms with Gasteiger partial charge in [0.25, 0.3) is 0 Å². The molecule has 2 N–H and O–H groups in total. The van der Waals surface area contributed by atoms with Gasteiger partial charge >= 0.3 is 10.3 Å². The van der Waals surface area contributed by atoms with Gasteiger partial charge in [-0.15, -0.1) is 0 Å². The number of hydrogen-bond donors (Lipinski definition) is 2. The monoisotopic (exact) mass is 389 g/mol. The van der Waals surface area contributed by atoms with E-state index in [0.29, 0.717) is 5.56 Å². The van der Waals surface area contributed by atoms with Crippen LogP contribution in [0.25, 0.3) is 0 Å². The van der Waals surface area contributed by atoms with E-state index in [1.165, 1.54) is 0 Å². The summed E-state index contributed by atoms with van der Waals surface area (Å²) in [6.07, 6.45) is -0.328. The van der Waals surface area contributed by atoms with Crippen LogP contribution in [0.4, 0.5) is 0 Å². The smallest absolute Gasteiger partial charge is 0.336 e. The quantitative estimate of drug-likeness (QED) is 0.702. The average Bonchev–Trinajstić information content (AvgIpc) is 2.34. The first-order valence-electron chi connectivity index (χ1n) is 6.45. The molecule has 0 aliphatic rings. The van der Waals surface area contributed by atoms with Gasteiger partial charge in [0.05, 0.1) is 0 Å². The number of hydrogen-bond acceptors (Lipinski definition) is 4. The van der Waals surface area contributed by atoms with Crippen LogP contribution in [-0.4, -0.2) is 30.0 Å². The van der Waals surface area contributed by atoms with Crippen LogP contribution in [0.3, 0.4) is 0 Å². The second kappa shape index (κ2) is 7.66. The first-order valence-corrected chi connectivity index (χ1v) is 8.99. The Hall–Kier alpha value is -0.0800. The molecular formula is C13H18Cl3NO4S. The SMILES string of the molecule is CC(C)NS(=O)(=O)OCC(O)(CC(Cl)(Cl)Cl)c1ccccc1. The summed E-state index contributed by atoms with van der Waals surface area (Å²) < 4.78 is 28.8. The van der Waals surface area contributed by atoms with Gasteiger partial charge in [-0.1, -0.05) is 65.1 Å². The Morgan fingerprint density at radius 3 is 2.23 bits per heavy atom. The van der Waals surface area contributed by atoms with Crippen LogP contribution in [0.15, 0.2) is 30.3 Å². The highest BCUT2D eigenvalue weighted by Crippen LogP contribution is 2.40. The van der Waals surface area contributed by atoms with Crippen molar-refractivity contribution < 1.29 is 17.7 Å². The second-order valence-corrected chi connectivity index (χ2v) is 9.07. The van der Waals surface area contributed by atoms with Gasteiger partial charge in [0.2, 0.25) is 0 Å². The van der Waals surface area contributed by atoms with Gasteiger partial charge in [-0.2, -0.15) is 13.1 Å². The van der Waals surface area contributed by atoms with Crippen LogP contribution in [0.2, 0.25) is 0 Å². The van der Waals surface area contributed by atoms with Gasteiger partial charge in [0, 0.05) is 12.5 Å². The van der Waals surface area contributed by atoms with Crippen LogP contribution in [-0.2, 0) is 20.1 Å². The number of halogens is 3. The predicted molar refractivity (Wildman–Crippen MR) is 88.4 cm³/mol. The van der Waals surface area contributed by atoms with Crippen molar-refractivity contribution >= 4 is 45.1 Å². The zero-order chi connectivity index (χ0) is 17.0. The predicted octanol–water partition coefficient (Wildman–Crippen LogP) is 2.89. The van der Waals surface area contributed by atoms with Gasteiger partial charge in [-0.3, -0.25) is 4.18 Å². The lowest BCUT2D eigenvalue weighted by molar-refractivity contribution is -0.0147. The van der Waals surface area contributed by atoms with Crippen LogP contribution < -0.4 is 4.72 Å². The lowest BCUT2D eigenvalue weighted by Crippen LogP contribution is -2.40. The fraction of sp³-hybridized carbons (Fsp3) is 0.538. The molecule has 0 radical (unpaired) electrons. The van der Waals surface area contributed by atoms with E-state index >= 15 is 0 Å². The van der Waals surface area contributed by atoms with E-state index in [0.717, 1.165) is 0 Å². The fourth-order valence-electron chi connectivity index (χ4n) is 1.81. The molecule has 0 heterocycles. The Kier molecular flexibility index (Phi) is 6.95. The van der Waals surface area contributed by atoms with Crippen molar-refractivity contribution in [3.05, 3.63) is 35.9 Å². The summed E-state index contributed by atoms with van der Waals surface area (Å²) in [4.78, 5) is 0. The Bertz CT molecular complexity index is 575. The minimum Gasteiger partial charge on any atom is -0.383 e. The van der Waals surface area contributed by atoms with Crippen molar-refractivity contribution in [2.24, 2.45) is 0 Å². The maximum atomic E-state index is 11.7. The van der Waals surface area contributed by atoms with Crippen LogP contribution in [0.5, 0.6) is 0 Å². The molecular weight excluding hydrogens is 373 g/mol. The zero-order valence-corrected chi connectivity index (χ0v) is 15.2. The Balaban J connectivity index is 2.98. The molecule has 0 aliphatic carbocycles. The molecule has 0 spiro atoms. The molecule has 9 heteroatoms. The summed E-state index contributed by atoms with van der Waals surface area (Å²) in [6.45, 7) is 2.71. The van der Waals surface area contributed by atoms with E-state index in [9.17, 15) is 13.5 Å². The molecule has 0 bridgehead atoms. The van der Waals surface area contributed by atoms with Gasteiger partial charge in [0.1, 0.15) is 12.2 Å². The second-order valence-electron chi connectivity index (χ2n) is 5.18. The number of alkyl halides is 3. The van der Waals surface area contributed by atoms with Crippen molar-refractivity contribution in [1.29, 1.82) is 0 Å². The molecule has 5 nitrogen and oxygen atoms in total. The van der Waals surface area contributed by atoms with E-state index in [1.807, 2.05) is 0 Å². The largest absolute Gasteiger partial charge is 0.383 e. The normalized spacial score (nSPS) is 15.8. The minimum atomic E-state index is -4.02. The molecule has 1 atom stereocenters. The third-order valence-electron chi connectivity index (χ3n) is 2.64. The molecule has 1 rings (SSSR count). The third kappa shape index (κ3) is 7.00. The fourth-order valence-corrected chi connectivity index (χ4v) is 3.47. The molecule has 0 amide bonds. The van der Waals surface area contributed by atoms with E-state index in [2.05, 4.69) is 4.72 Å². The van der Waals surface area contributed by atoms with E-state index < -0.39 is 26.3 Å². The van der Waals surface area contributed by atoms with E-state index in [1.54, 1.807) is 44.2 Å². The Morgan fingerprint density at radius 2 is 1.77 bits per heavy atom. The van der Waals surface area contributed by atoms with E-state index in [-0.39, 0.29) is 12.5 Å². The molecule has 126 valence electrons. The van der Waals surface area contributed by atoms with Crippen molar-refractivity contribution in [1.82, 2.24) is 4.72 Å². The molecule has 0 aliphatic heterocycles. The number of nitrogens with one attached hydrogen (secondary N) is 1. The lowest BCUT2D eigenvalue weighted by atomic mass is 9.92. The van der Waals surface area contributed by atoms with Crippen LogP contribution >= 0.6 is 34.8 Å². The third-order valence-corrected chi connectivity index (χ3v) is 4.23. The van der Waals surface area contributed by atoms with Crippen LogP contribution in [0.1, 0.15) is 25.8 Å². The first kappa shape index (κ1) is 20.0. The van der Waals surface area contributed by atoms with Crippen molar-refractivity contribution in [3.8, 4) is 0 Å². The first-order chi connectivity index (χ1) is 9.94. The molecule has 1 aromatic carbocycles. The van der Waals surface area contributed by atoms with Gasteiger partial charge in [-0.25, -0.2) is 0 Å². The standard InChI is InChI=1S/C13H18Cl3NO4S/c1-10(2)17-22(19,20)21-9-12(18,8-13(14,15)16)11-6-4-3-5-7-11/h3-7,10,17-18H,8-9H2,1-2H3. The molecule has 1 aromatic rings. The van der Waals surface area contributed by atoms with Gasteiger partial charge in [-0.05, 0) is 19.4 Å². The average molecular weight is 391 g/mol. The van der Waals surface area contributed by atoms with E-state index in [4.69, 9.17) is 39.0 Å². The van der Waals surface area contributed by atoms with Crippen molar-refractivity contribution in [2.45, 2.75) is 35.7 Å². The maximum absolute atomic E-state index is 11.7. The Labute approximate surface area is 145 Å². The summed E-state index contributed by atoms with van der Waals surface area (Å²) in [5.74, 6) is 0. The molecule has 0 saturated heterocycles. The van der Waals surface area contributed by atoms with Gasteiger partial charge < -0.3 is 5.11 Å². The lowest BCUT2D eigenvalue weighted by Gasteiger charge is -2.31. The summed E-state index contributed by atoms with van der Waals surface area (Å²) in [5, 5.41) is 10.7. The number of benzene rings is 1. The molecule has 0 aromatic heterocycles. The summed E-state index contributed by atoms with van der Waals surface area (Å²) in [6, 6.07) is 7.96. The van der Waals surface area contributed by atoms with Crippen molar-refractivity contribution in [2.75, 3.05) is 6.61 Å². The topological polar surface area (TPSA) is 75.6 Å². The van der Waals surface area contributed by atoms with Gasteiger partial charge in [0.15, 0.2) is 3.79 Å². The number of aliphatic hydroxyl groups is 1. The highest BCUT2D eigenvalue weighted by atomic mass is 35.6. The molecule has 0 saturated carbocycles. The summed E-state index contributed by atoms with van der Waals surface area (Å²) in [5.41, 5.74) is -1.38. The summed E-state index contributed by atoms with van der Waals surface area (Å²) >= 11 is 17.3. The van der Waals surface area contributed by atoms with Crippen molar-refractivity contribution in [3.63, 3.8) is 0 Å². The Morgan fingerprint density at radius 1 is 1.23 bits per heavy atom. The summed E-state index contributed by atoms with van der Waals surface area (Å²) in [7, 11) is -4.02. The molecule has 1 unspecified atom stereocenters. The van der Waals surface area contributed by atoms with Crippen LogP contribution in [0, 0.1) is 0 Å². The highest BCUT2D eigenvalue weighted by Gasteiger charge is 2.39. The minimum absolute atomic E-state index is 0.328. The highest BCUT2D eigenvalue weighted by molar-refractivity contribution is 7.84. The maximum Gasteiger partial charge on any atom is 0.336 e. The molecule has 0 fully saturated rings.